The first kappa shape index (κ1) is 30.1. The van der Waals surface area contributed by atoms with E-state index in [1.807, 2.05) is 6.07 Å². The highest BCUT2D eigenvalue weighted by Crippen LogP contribution is 2.55. The van der Waals surface area contributed by atoms with Gasteiger partial charge in [0.25, 0.3) is 5.91 Å². The lowest BCUT2D eigenvalue weighted by molar-refractivity contribution is -0.178. The number of nitrogens with zero attached hydrogens (tertiary/aromatic N) is 1. The second-order valence-electron chi connectivity index (χ2n) is 11.9. The SMILES string of the molecule is O=C(Nc1ccc(F)c(F)c1)c1ccc(Cl)c(S(=O)(=O)C2CC3CCC(C2)C3(O)C(O)C(O)c2cccc(C3CC3)n2)c1. The molecule has 0 radical (unpaired) electrons. The largest absolute Gasteiger partial charge is 0.387 e. The minimum atomic E-state index is -4.11. The van der Waals surface area contributed by atoms with E-state index in [0.717, 1.165) is 36.7 Å². The van der Waals surface area contributed by atoms with Crippen molar-refractivity contribution in [3.8, 4) is 0 Å². The van der Waals surface area contributed by atoms with Gasteiger partial charge in [0, 0.05) is 28.9 Å². The molecule has 0 spiro atoms. The van der Waals surface area contributed by atoms with Crippen LogP contribution in [0.3, 0.4) is 0 Å². The summed E-state index contributed by atoms with van der Waals surface area (Å²) < 4.78 is 54.6. The van der Waals surface area contributed by atoms with E-state index in [4.69, 9.17) is 11.6 Å². The van der Waals surface area contributed by atoms with Gasteiger partial charge in [-0.05, 0) is 92.8 Å². The molecule has 6 rings (SSSR count). The molecule has 1 aromatic heterocycles. The zero-order valence-corrected chi connectivity index (χ0v) is 24.5. The number of hydrogen-bond acceptors (Lipinski definition) is 7. The van der Waals surface area contributed by atoms with E-state index in [2.05, 4.69) is 10.3 Å². The van der Waals surface area contributed by atoms with E-state index in [9.17, 15) is 37.3 Å². The Bertz CT molecular complexity index is 1670. The molecule has 4 N–H and O–H groups in total. The quantitative estimate of drug-likeness (QED) is 0.276. The molecular formula is C31H31ClF2N2O6S. The van der Waals surface area contributed by atoms with Crippen molar-refractivity contribution in [1.82, 2.24) is 4.98 Å². The monoisotopic (exact) mass is 632 g/mol. The van der Waals surface area contributed by atoms with Gasteiger partial charge < -0.3 is 20.6 Å². The average molecular weight is 633 g/mol. The topological polar surface area (TPSA) is 137 Å². The summed E-state index contributed by atoms with van der Waals surface area (Å²) in [5.74, 6) is -3.85. The lowest BCUT2D eigenvalue weighted by atomic mass is 9.69. The number of aliphatic hydroxyl groups is 3. The van der Waals surface area contributed by atoms with Gasteiger partial charge in [0.15, 0.2) is 21.5 Å². The molecule has 0 aliphatic heterocycles. The van der Waals surface area contributed by atoms with Crippen LogP contribution in [0.2, 0.25) is 5.02 Å². The van der Waals surface area contributed by atoms with Crippen molar-refractivity contribution in [2.24, 2.45) is 11.8 Å². The van der Waals surface area contributed by atoms with E-state index in [1.165, 1.54) is 18.2 Å². The summed E-state index contributed by atoms with van der Waals surface area (Å²) in [4.78, 5) is 17.1. The maximum Gasteiger partial charge on any atom is 0.255 e. The second-order valence-corrected chi connectivity index (χ2v) is 14.5. The smallest absolute Gasteiger partial charge is 0.255 e. The number of sulfone groups is 1. The molecule has 0 saturated heterocycles. The molecule has 3 saturated carbocycles. The number of carbonyl (C=O) groups excluding carboxylic acids is 1. The Hall–Kier alpha value is -2.96. The zero-order chi connectivity index (χ0) is 30.7. The van der Waals surface area contributed by atoms with E-state index in [0.29, 0.717) is 18.8 Å². The van der Waals surface area contributed by atoms with Crippen LogP contribution in [-0.2, 0) is 9.84 Å². The zero-order valence-electron chi connectivity index (χ0n) is 23.0. The Labute approximate surface area is 252 Å². The van der Waals surface area contributed by atoms with Crippen molar-refractivity contribution in [1.29, 1.82) is 0 Å². The van der Waals surface area contributed by atoms with Gasteiger partial charge >= 0.3 is 0 Å². The number of nitrogens with one attached hydrogen (secondary N) is 1. The Kier molecular flexibility index (Phi) is 7.83. The number of aliphatic hydroxyl groups excluding tert-OH is 2. The van der Waals surface area contributed by atoms with Crippen molar-refractivity contribution in [2.45, 2.75) is 72.4 Å². The standard InChI is InChI=1S/C31H31ClF2N2O6S/c32-22-10-6-17(30(39)35-20-9-11-23(33)24(34)15-20)12-27(22)43(41,42)21-13-18-7-8-19(14-21)31(18,40)29(38)28(37)26-3-1-2-25(36-26)16-4-5-16/h1-3,6,9-12,15-16,18-19,21,28-29,37-38,40H,4-5,7-8,13-14H2,(H,35,39). The first-order valence-corrected chi connectivity index (χ1v) is 16.2. The summed E-state index contributed by atoms with van der Waals surface area (Å²) in [7, 11) is -4.11. The number of carbonyl (C=O) groups is 1. The van der Waals surface area contributed by atoms with Gasteiger partial charge in [-0.1, -0.05) is 17.7 Å². The number of anilines is 1. The summed E-state index contributed by atoms with van der Waals surface area (Å²) in [6.07, 6.45) is 0.0116. The number of pyridine rings is 1. The van der Waals surface area contributed by atoms with Crippen LogP contribution in [0.5, 0.6) is 0 Å². The molecule has 228 valence electrons. The van der Waals surface area contributed by atoms with Crippen LogP contribution >= 0.6 is 11.6 Å². The Morgan fingerprint density at radius 3 is 2.33 bits per heavy atom. The molecule has 1 heterocycles. The molecule has 2 aromatic carbocycles. The van der Waals surface area contributed by atoms with E-state index in [-0.39, 0.29) is 39.7 Å². The molecule has 43 heavy (non-hydrogen) atoms. The highest BCUT2D eigenvalue weighted by Gasteiger charge is 2.60. The summed E-state index contributed by atoms with van der Waals surface area (Å²) in [5, 5.41) is 35.5. The van der Waals surface area contributed by atoms with Gasteiger partial charge in [0.1, 0.15) is 12.2 Å². The lowest BCUT2D eigenvalue weighted by Crippen LogP contribution is -2.57. The normalized spacial score (nSPS) is 26.6. The van der Waals surface area contributed by atoms with Gasteiger partial charge in [-0.3, -0.25) is 9.78 Å². The Morgan fingerprint density at radius 1 is 0.977 bits per heavy atom. The van der Waals surface area contributed by atoms with Crippen LogP contribution in [0.25, 0.3) is 0 Å². The fraction of sp³-hybridized carbons (Fsp3) is 0.419. The molecule has 8 nitrogen and oxygen atoms in total. The van der Waals surface area contributed by atoms with Crippen molar-refractivity contribution < 1.29 is 37.3 Å². The fourth-order valence-electron chi connectivity index (χ4n) is 6.75. The van der Waals surface area contributed by atoms with Crippen molar-refractivity contribution >= 4 is 33.0 Å². The molecule has 3 fully saturated rings. The first-order chi connectivity index (χ1) is 20.4. The number of hydrogen-bond donors (Lipinski definition) is 4. The maximum atomic E-state index is 13.9. The van der Waals surface area contributed by atoms with E-state index < -0.39 is 62.3 Å². The summed E-state index contributed by atoms with van der Waals surface area (Å²) in [5.41, 5.74) is -0.668. The molecule has 12 heteroatoms. The van der Waals surface area contributed by atoms with Crippen LogP contribution in [0.15, 0.2) is 59.5 Å². The third-order valence-corrected chi connectivity index (χ3v) is 11.9. The molecular weight excluding hydrogens is 602 g/mol. The van der Waals surface area contributed by atoms with Crippen molar-refractivity contribution in [3.63, 3.8) is 0 Å². The van der Waals surface area contributed by atoms with Gasteiger partial charge in [0.05, 0.1) is 26.5 Å². The third-order valence-electron chi connectivity index (χ3n) is 9.25. The Balaban J connectivity index is 1.21. The predicted molar refractivity (Wildman–Crippen MR) is 154 cm³/mol. The van der Waals surface area contributed by atoms with Crippen LogP contribution in [0.4, 0.5) is 14.5 Å². The second kappa shape index (κ2) is 11.2. The first-order valence-electron chi connectivity index (χ1n) is 14.2. The molecule has 3 aliphatic carbocycles. The van der Waals surface area contributed by atoms with Crippen LogP contribution < -0.4 is 5.32 Å². The minimum absolute atomic E-state index is 0.0124. The molecule has 4 atom stereocenters. The Morgan fingerprint density at radius 2 is 1.67 bits per heavy atom. The maximum absolute atomic E-state index is 13.9. The molecule has 3 aromatic rings. The van der Waals surface area contributed by atoms with Crippen LogP contribution in [-0.4, -0.2) is 51.6 Å². The summed E-state index contributed by atoms with van der Waals surface area (Å²) >= 11 is 6.32. The molecule has 1 amide bonds. The predicted octanol–water partition coefficient (Wildman–Crippen LogP) is 4.93. The summed E-state index contributed by atoms with van der Waals surface area (Å²) in [6, 6.07) is 11.9. The van der Waals surface area contributed by atoms with Crippen molar-refractivity contribution in [3.05, 3.63) is 88.2 Å². The average Bonchev–Trinajstić information content (AvgIpc) is 3.82. The molecule has 2 bridgehead atoms. The van der Waals surface area contributed by atoms with Gasteiger partial charge in [-0.15, -0.1) is 0 Å². The highest BCUT2D eigenvalue weighted by molar-refractivity contribution is 7.92. The van der Waals surface area contributed by atoms with E-state index in [1.54, 1.807) is 12.1 Å². The number of rotatable bonds is 8. The third kappa shape index (κ3) is 5.46. The van der Waals surface area contributed by atoms with Crippen LogP contribution in [0.1, 0.15) is 72.3 Å². The van der Waals surface area contributed by atoms with Gasteiger partial charge in [0.2, 0.25) is 0 Å². The minimum Gasteiger partial charge on any atom is -0.387 e. The highest BCUT2D eigenvalue weighted by atomic mass is 35.5. The fourth-order valence-corrected chi connectivity index (χ4v) is 9.15. The lowest BCUT2D eigenvalue weighted by Gasteiger charge is -2.46. The number of benzene rings is 2. The summed E-state index contributed by atoms with van der Waals surface area (Å²) in [6.45, 7) is 0. The number of halogens is 3. The van der Waals surface area contributed by atoms with E-state index >= 15 is 0 Å². The molecule has 4 unspecified atom stereocenters. The van der Waals surface area contributed by atoms with Gasteiger partial charge in [-0.25, -0.2) is 17.2 Å². The number of amides is 1. The van der Waals surface area contributed by atoms with Crippen molar-refractivity contribution in [2.75, 3.05) is 5.32 Å². The number of fused-ring (bicyclic) bond motifs is 2. The number of aromatic nitrogens is 1. The van der Waals surface area contributed by atoms with Gasteiger partial charge in [-0.2, -0.15) is 0 Å². The molecule has 3 aliphatic rings. The van der Waals surface area contributed by atoms with Crippen LogP contribution in [0, 0.1) is 23.5 Å².